The van der Waals surface area contributed by atoms with Gasteiger partial charge in [0, 0.05) is 6.42 Å². The maximum atomic E-state index is 12.6. The molecule has 0 aromatic rings. The van der Waals surface area contributed by atoms with Crippen LogP contribution >= 0.6 is 0 Å². The van der Waals surface area contributed by atoms with Gasteiger partial charge in [0.05, 0.1) is 29.0 Å². The van der Waals surface area contributed by atoms with Crippen molar-refractivity contribution >= 4 is 5.78 Å². The summed E-state index contributed by atoms with van der Waals surface area (Å²) in [5, 5.41) is 29.9. The highest BCUT2D eigenvalue weighted by Gasteiger charge is 2.43. The second-order valence-electron chi connectivity index (χ2n) is 12.1. The molecule has 1 aliphatic rings. The standard InChI is InChI=1S/C30H52O5/c1-22(14-11-15-23(2)16-17-26(32)28(4,5)33)12-9-10-13-24(3)20-25(31)21-30(8)19-18-27(35-30)29(6,7)34/h12,15,20,26-27,32-34H,9-11,13-14,16-19,21H2,1-8H3/b22-12+,23-15+,24-20+/t26?,27-,30+/m0/s1. The van der Waals surface area contributed by atoms with Crippen LogP contribution in [0.25, 0.3) is 0 Å². The SMILES string of the molecule is C/C(=C\CCC/C(C)=C/C(=O)C[C@@]1(C)CC[C@@H](C(C)(C)O)O1)CC/C=C(\C)CCC(O)C(C)(C)O. The summed E-state index contributed by atoms with van der Waals surface area (Å²) >= 11 is 0. The fraction of sp³-hybridized carbons (Fsp3) is 0.767. The predicted octanol–water partition coefficient (Wildman–Crippen LogP) is 6.36. The molecule has 1 rings (SSSR count). The van der Waals surface area contributed by atoms with Crippen LogP contribution in [0.2, 0.25) is 0 Å². The van der Waals surface area contributed by atoms with E-state index in [0.717, 1.165) is 56.9 Å². The minimum atomic E-state index is -1.05. The van der Waals surface area contributed by atoms with Crippen LogP contribution in [-0.4, -0.2) is 50.1 Å². The van der Waals surface area contributed by atoms with Crippen LogP contribution in [0, 0.1) is 0 Å². The summed E-state index contributed by atoms with van der Waals surface area (Å²) in [6, 6.07) is 0. The van der Waals surface area contributed by atoms with Crippen molar-refractivity contribution in [2.75, 3.05) is 0 Å². The smallest absolute Gasteiger partial charge is 0.158 e. The van der Waals surface area contributed by atoms with Gasteiger partial charge in [-0.25, -0.2) is 0 Å². The molecule has 0 aromatic heterocycles. The Morgan fingerprint density at radius 1 is 1.00 bits per heavy atom. The molecule has 1 unspecified atom stereocenters. The van der Waals surface area contributed by atoms with Crippen molar-refractivity contribution in [1.29, 1.82) is 0 Å². The zero-order valence-electron chi connectivity index (χ0n) is 23.6. The highest BCUT2D eigenvalue weighted by Crippen LogP contribution is 2.37. The van der Waals surface area contributed by atoms with Gasteiger partial charge in [-0.3, -0.25) is 4.79 Å². The molecule has 5 nitrogen and oxygen atoms in total. The predicted molar refractivity (Wildman–Crippen MR) is 144 cm³/mol. The van der Waals surface area contributed by atoms with Gasteiger partial charge >= 0.3 is 0 Å². The number of aliphatic hydroxyl groups is 3. The van der Waals surface area contributed by atoms with E-state index in [-0.39, 0.29) is 11.9 Å². The molecule has 0 spiro atoms. The number of allylic oxidation sites excluding steroid dienone is 6. The van der Waals surface area contributed by atoms with Gasteiger partial charge in [-0.05, 0) is 119 Å². The Labute approximate surface area is 214 Å². The first-order valence-electron chi connectivity index (χ1n) is 13.3. The lowest BCUT2D eigenvalue weighted by Gasteiger charge is -2.29. The molecule has 3 N–H and O–H groups in total. The van der Waals surface area contributed by atoms with Gasteiger partial charge in [0.25, 0.3) is 0 Å². The molecule has 1 heterocycles. The minimum Gasteiger partial charge on any atom is -0.390 e. The van der Waals surface area contributed by atoms with Crippen molar-refractivity contribution in [3.8, 4) is 0 Å². The largest absolute Gasteiger partial charge is 0.390 e. The Balaban J connectivity index is 2.32. The van der Waals surface area contributed by atoms with E-state index in [9.17, 15) is 20.1 Å². The van der Waals surface area contributed by atoms with Gasteiger partial charge in [0.1, 0.15) is 0 Å². The van der Waals surface area contributed by atoms with Crippen LogP contribution in [0.3, 0.4) is 0 Å². The molecule has 1 saturated heterocycles. The molecule has 0 aliphatic carbocycles. The molecule has 5 heteroatoms. The number of hydrogen-bond acceptors (Lipinski definition) is 5. The van der Waals surface area contributed by atoms with Crippen LogP contribution in [0.5, 0.6) is 0 Å². The van der Waals surface area contributed by atoms with Gasteiger partial charge in [-0.2, -0.15) is 0 Å². The van der Waals surface area contributed by atoms with Crippen molar-refractivity contribution in [3.05, 3.63) is 34.9 Å². The highest BCUT2D eigenvalue weighted by molar-refractivity contribution is 5.91. The normalized spacial score (nSPS) is 23.6. The van der Waals surface area contributed by atoms with E-state index in [0.29, 0.717) is 12.8 Å². The second kappa shape index (κ2) is 13.9. The van der Waals surface area contributed by atoms with Crippen molar-refractivity contribution in [2.45, 2.75) is 149 Å². The topological polar surface area (TPSA) is 87.0 Å². The third kappa shape index (κ3) is 13.0. The summed E-state index contributed by atoms with van der Waals surface area (Å²) in [7, 11) is 0. The van der Waals surface area contributed by atoms with Crippen LogP contribution in [0.1, 0.15) is 120 Å². The molecule has 3 atom stereocenters. The number of hydrogen-bond donors (Lipinski definition) is 3. The van der Waals surface area contributed by atoms with E-state index >= 15 is 0 Å². The number of ketones is 1. The Morgan fingerprint density at radius 3 is 2.17 bits per heavy atom. The van der Waals surface area contributed by atoms with Crippen LogP contribution in [0.15, 0.2) is 34.9 Å². The Morgan fingerprint density at radius 2 is 1.60 bits per heavy atom. The average Bonchev–Trinajstić information content (AvgIpc) is 3.10. The third-order valence-electron chi connectivity index (χ3n) is 7.03. The van der Waals surface area contributed by atoms with Crippen LogP contribution in [-0.2, 0) is 9.53 Å². The molecule has 0 aromatic carbocycles. The van der Waals surface area contributed by atoms with E-state index in [2.05, 4.69) is 26.0 Å². The van der Waals surface area contributed by atoms with Gasteiger partial charge in [0.2, 0.25) is 0 Å². The monoisotopic (exact) mass is 492 g/mol. The van der Waals surface area contributed by atoms with Crippen molar-refractivity contribution in [1.82, 2.24) is 0 Å². The number of ether oxygens (including phenoxy) is 1. The highest BCUT2D eigenvalue weighted by atomic mass is 16.5. The van der Waals surface area contributed by atoms with Crippen molar-refractivity contribution < 1.29 is 24.9 Å². The van der Waals surface area contributed by atoms with E-state index in [1.807, 2.05) is 13.8 Å². The molecule has 1 aliphatic heterocycles. The number of aliphatic hydroxyl groups excluding tert-OH is 1. The zero-order valence-corrected chi connectivity index (χ0v) is 23.6. The summed E-state index contributed by atoms with van der Waals surface area (Å²) < 4.78 is 6.04. The molecule has 0 amide bonds. The third-order valence-corrected chi connectivity index (χ3v) is 7.03. The molecule has 0 saturated carbocycles. The fourth-order valence-corrected chi connectivity index (χ4v) is 4.49. The lowest BCUT2D eigenvalue weighted by atomic mass is 9.93. The van der Waals surface area contributed by atoms with Crippen molar-refractivity contribution in [2.24, 2.45) is 0 Å². The van der Waals surface area contributed by atoms with Gasteiger partial charge in [-0.1, -0.05) is 28.9 Å². The molecule has 202 valence electrons. The van der Waals surface area contributed by atoms with Gasteiger partial charge in [0.15, 0.2) is 5.78 Å². The first-order valence-corrected chi connectivity index (χ1v) is 13.3. The summed E-state index contributed by atoms with van der Waals surface area (Å²) in [4.78, 5) is 12.6. The Kier molecular flexibility index (Phi) is 12.6. The van der Waals surface area contributed by atoms with Crippen LogP contribution in [0.4, 0.5) is 0 Å². The summed E-state index contributed by atoms with van der Waals surface area (Å²) in [6.45, 7) is 15.0. The summed E-state index contributed by atoms with van der Waals surface area (Å²) in [6.07, 6.45) is 13.6. The molecule has 35 heavy (non-hydrogen) atoms. The number of carbonyl (C=O) groups is 1. The van der Waals surface area contributed by atoms with Crippen molar-refractivity contribution in [3.63, 3.8) is 0 Å². The van der Waals surface area contributed by atoms with Gasteiger partial charge < -0.3 is 20.1 Å². The molecular formula is C30H52O5. The molecule has 0 bridgehead atoms. The first kappa shape index (κ1) is 31.8. The molecular weight excluding hydrogens is 440 g/mol. The second-order valence-corrected chi connectivity index (χ2v) is 12.1. The Bertz CT molecular complexity index is 763. The van der Waals surface area contributed by atoms with Gasteiger partial charge in [-0.15, -0.1) is 0 Å². The zero-order chi connectivity index (χ0) is 26.9. The lowest BCUT2D eigenvalue weighted by Crippen LogP contribution is -2.38. The number of unbranched alkanes of at least 4 members (excludes halogenated alkanes) is 1. The quantitative estimate of drug-likeness (QED) is 0.141. The van der Waals surface area contributed by atoms with E-state index < -0.39 is 22.9 Å². The number of rotatable bonds is 15. The molecule has 1 fully saturated rings. The summed E-state index contributed by atoms with van der Waals surface area (Å²) in [5.41, 5.74) is 1.31. The van der Waals surface area contributed by atoms with Crippen LogP contribution < -0.4 is 0 Å². The van der Waals surface area contributed by atoms with E-state index in [1.54, 1.807) is 33.8 Å². The number of carbonyl (C=O) groups excluding carboxylic acids is 1. The molecule has 0 radical (unpaired) electrons. The fourth-order valence-electron chi connectivity index (χ4n) is 4.49. The Hall–Kier alpha value is -1.27. The average molecular weight is 493 g/mol. The lowest BCUT2D eigenvalue weighted by molar-refractivity contribution is -0.133. The van der Waals surface area contributed by atoms with E-state index in [4.69, 9.17) is 4.74 Å². The minimum absolute atomic E-state index is 0.102. The maximum absolute atomic E-state index is 12.6. The van der Waals surface area contributed by atoms with E-state index in [1.165, 1.54) is 11.1 Å². The summed E-state index contributed by atoms with van der Waals surface area (Å²) in [5.74, 6) is 0.102. The first-order chi connectivity index (χ1) is 16.0. The maximum Gasteiger partial charge on any atom is 0.158 e.